The molecule has 0 saturated carbocycles. The summed E-state index contributed by atoms with van der Waals surface area (Å²) in [4.78, 5) is 11.2. The number of sulfonamides is 1. The number of rotatable bonds is 3. The molecule has 1 aliphatic heterocycles. The minimum absolute atomic E-state index is 0.0844. The summed E-state index contributed by atoms with van der Waals surface area (Å²) in [6, 6.07) is 6.36. The molecule has 98 valence electrons. The van der Waals surface area contributed by atoms with Crippen LogP contribution in [0.5, 0.6) is 0 Å². The first-order chi connectivity index (χ1) is 8.45. The Hall–Kier alpha value is -1.40. The Kier molecular flexibility index (Phi) is 3.41. The second kappa shape index (κ2) is 4.70. The van der Waals surface area contributed by atoms with Gasteiger partial charge in [0.2, 0.25) is 10.0 Å². The first kappa shape index (κ1) is 13.0. The molecule has 1 atom stereocenters. The molecule has 5 nitrogen and oxygen atoms in total. The van der Waals surface area contributed by atoms with Gasteiger partial charge in [0.1, 0.15) is 6.04 Å². The van der Waals surface area contributed by atoms with E-state index in [1.54, 1.807) is 0 Å². The van der Waals surface area contributed by atoms with E-state index in [-0.39, 0.29) is 18.7 Å². The summed E-state index contributed by atoms with van der Waals surface area (Å²) < 4.78 is 25.0. The number of carboxylic acid groups (broad SMARTS) is 1. The highest BCUT2D eigenvalue weighted by atomic mass is 32.2. The third-order valence-corrected chi connectivity index (χ3v) is 5.04. The summed E-state index contributed by atoms with van der Waals surface area (Å²) in [5.74, 6) is -1.18. The van der Waals surface area contributed by atoms with Crippen LogP contribution in [0.2, 0.25) is 0 Å². The fourth-order valence-electron chi connectivity index (χ4n) is 2.17. The fourth-order valence-corrected chi connectivity index (χ4v) is 3.39. The van der Waals surface area contributed by atoms with Crippen LogP contribution in [0, 0.1) is 0 Å². The molecule has 1 aromatic rings. The van der Waals surface area contributed by atoms with E-state index in [1.807, 2.05) is 24.3 Å². The van der Waals surface area contributed by atoms with Crippen LogP contribution in [0.1, 0.15) is 18.1 Å². The molecule has 2 rings (SSSR count). The van der Waals surface area contributed by atoms with Gasteiger partial charge in [-0.2, -0.15) is 4.31 Å². The zero-order valence-electron chi connectivity index (χ0n) is 10.0. The molecule has 0 radical (unpaired) electrons. The topological polar surface area (TPSA) is 74.7 Å². The maximum Gasteiger partial charge on any atom is 0.322 e. The summed E-state index contributed by atoms with van der Waals surface area (Å²) in [7, 11) is -3.51. The highest BCUT2D eigenvalue weighted by Crippen LogP contribution is 2.26. The highest BCUT2D eigenvalue weighted by Gasteiger charge is 2.37. The van der Waals surface area contributed by atoms with Gasteiger partial charge in [-0.05, 0) is 18.1 Å². The van der Waals surface area contributed by atoms with Crippen molar-refractivity contribution in [2.24, 2.45) is 0 Å². The van der Waals surface area contributed by atoms with Crippen molar-refractivity contribution in [3.63, 3.8) is 0 Å². The fraction of sp³-hybridized carbons (Fsp3) is 0.417. The quantitative estimate of drug-likeness (QED) is 0.882. The third-order valence-electron chi connectivity index (χ3n) is 3.21. The number of fused-ring (bicyclic) bond motifs is 1. The maximum absolute atomic E-state index is 11.9. The molecule has 6 heteroatoms. The van der Waals surface area contributed by atoms with Crippen molar-refractivity contribution in [2.45, 2.75) is 25.9 Å². The third kappa shape index (κ3) is 2.26. The van der Waals surface area contributed by atoms with Gasteiger partial charge in [-0.1, -0.05) is 24.3 Å². The van der Waals surface area contributed by atoms with Crippen LogP contribution in [-0.4, -0.2) is 35.6 Å². The first-order valence-electron chi connectivity index (χ1n) is 5.75. The van der Waals surface area contributed by atoms with Crippen molar-refractivity contribution in [3.8, 4) is 0 Å². The molecule has 0 amide bonds. The van der Waals surface area contributed by atoms with Gasteiger partial charge in [0, 0.05) is 13.0 Å². The maximum atomic E-state index is 11.9. The van der Waals surface area contributed by atoms with Crippen molar-refractivity contribution < 1.29 is 18.3 Å². The van der Waals surface area contributed by atoms with E-state index >= 15 is 0 Å². The zero-order valence-corrected chi connectivity index (χ0v) is 10.9. The van der Waals surface area contributed by atoms with Crippen LogP contribution in [-0.2, 0) is 27.8 Å². The van der Waals surface area contributed by atoms with Crippen LogP contribution in [0.4, 0.5) is 0 Å². The van der Waals surface area contributed by atoms with Crippen molar-refractivity contribution in [3.05, 3.63) is 35.4 Å². The molecule has 18 heavy (non-hydrogen) atoms. The van der Waals surface area contributed by atoms with Gasteiger partial charge in [-0.3, -0.25) is 4.79 Å². The molecule has 0 aliphatic carbocycles. The minimum atomic E-state index is -3.51. The van der Waals surface area contributed by atoms with E-state index in [4.69, 9.17) is 0 Å². The van der Waals surface area contributed by atoms with Crippen LogP contribution < -0.4 is 0 Å². The standard InChI is InChI=1S/C12H15NO4S/c1-2-18(16,17)13-8-10-6-4-3-5-9(10)7-11(13)12(14)15/h3-6,11H,2,7-8H2,1H3,(H,14,15). The van der Waals surface area contributed by atoms with Crippen molar-refractivity contribution in [1.29, 1.82) is 0 Å². The van der Waals surface area contributed by atoms with Gasteiger partial charge in [0.25, 0.3) is 0 Å². The normalized spacial score (nSPS) is 20.4. The molecule has 0 fully saturated rings. The zero-order chi connectivity index (χ0) is 13.3. The van der Waals surface area contributed by atoms with Crippen molar-refractivity contribution in [1.82, 2.24) is 4.31 Å². The Bertz CT molecular complexity index is 567. The predicted octanol–water partition coefficient (Wildman–Crippen LogP) is 0.848. The smallest absolute Gasteiger partial charge is 0.322 e. The van der Waals surface area contributed by atoms with E-state index in [1.165, 1.54) is 6.92 Å². The number of hydrogen-bond acceptors (Lipinski definition) is 3. The lowest BCUT2D eigenvalue weighted by Crippen LogP contribution is -2.49. The lowest BCUT2D eigenvalue weighted by Gasteiger charge is -2.33. The average Bonchev–Trinajstić information content (AvgIpc) is 2.37. The Balaban J connectivity index is 2.44. The summed E-state index contributed by atoms with van der Waals surface area (Å²) in [6.07, 6.45) is 0.227. The second-order valence-corrected chi connectivity index (χ2v) is 6.48. The van der Waals surface area contributed by atoms with E-state index < -0.39 is 22.0 Å². The van der Waals surface area contributed by atoms with E-state index in [9.17, 15) is 18.3 Å². The van der Waals surface area contributed by atoms with Crippen LogP contribution >= 0.6 is 0 Å². The second-order valence-electron chi connectivity index (χ2n) is 4.27. The summed E-state index contributed by atoms with van der Waals surface area (Å²) in [5, 5.41) is 9.19. The lowest BCUT2D eigenvalue weighted by atomic mass is 9.96. The SMILES string of the molecule is CCS(=O)(=O)N1Cc2ccccc2CC1C(=O)O. The van der Waals surface area contributed by atoms with Gasteiger partial charge in [-0.25, -0.2) is 8.42 Å². The predicted molar refractivity (Wildman–Crippen MR) is 66.6 cm³/mol. The number of nitrogens with zero attached hydrogens (tertiary/aromatic N) is 1. The molecule has 1 heterocycles. The molecule has 1 aliphatic rings. The number of aliphatic carboxylic acids is 1. The molecule has 1 N–H and O–H groups in total. The summed E-state index contributed by atoms with van der Waals surface area (Å²) in [5.41, 5.74) is 1.79. The van der Waals surface area contributed by atoms with E-state index in [0.717, 1.165) is 15.4 Å². The van der Waals surface area contributed by atoms with E-state index in [2.05, 4.69) is 0 Å². The van der Waals surface area contributed by atoms with Gasteiger partial charge >= 0.3 is 5.97 Å². The molecule has 0 aromatic heterocycles. The molecule has 1 unspecified atom stereocenters. The Morgan fingerprint density at radius 3 is 2.56 bits per heavy atom. The average molecular weight is 269 g/mol. The van der Waals surface area contributed by atoms with Crippen LogP contribution in [0.25, 0.3) is 0 Å². The Morgan fingerprint density at radius 1 is 1.39 bits per heavy atom. The number of benzene rings is 1. The molecular formula is C12H15NO4S. The number of hydrogen-bond donors (Lipinski definition) is 1. The summed E-state index contributed by atoms with van der Waals surface area (Å²) >= 11 is 0. The number of carboxylic acids is 1. The van der Waals surface area contributed by atoms with E-state index in [0.29, 0.717) is 0 Å². The summed E-state index contributed by atoms with van der Waals surface area (Å²) in [6.45, 7) is 1.66. The van der Waals surface area contributed by atoms with Crippen molar-refractivity contribution in [2.75, 3.05) is 5.75 Å². The van der Waals surface area contributed by atoms with Crippen LogP contribution in [0.3, 0.4) is 0 Å². The first-order valence-corrected chi connectivity index (χ1v) is 7.35. The Morgan fingerprint density at radius 2 is 2.00 bits per heavy atom. The molecule has 1 aromatic carbocycles. The highest BCUT2D eigenvalue weighted by molar-refractivity contribution is 7.89. The molecule has 0 spiro atoms. The Labute approximate surface area is 106 Å². The lowest BCUT2D eigenvalue weighted by molar-refractivity contribution is -0.141. The van der Waals surface area contributed by atoms with Gasteiger partial charge in [0.05, 0.1) is 5.75 Å². The molecule has 0 saturated heterocycles. The minimum Gasteiger partial charge on any atom is -0.480 e. The van der Waals surface area contributed by atoms with Gasteiger partial charge in [0.15, 0.2) is 0 Å². The van der Waals surface area contributed by atoms with Gasteiger partial charge < -0.3 is 5.11 Å². The number of carbonyl (C=O) groups is 1. The molecule has 0 bridgehead atoms. The van der Waals surface area contributed by atoms with Gasteiger partial charge in [-0.15, -0.1) is 0 Å². The monoisotopic (exact) mass is 269 g/mol. The van der Waals surface area contributed by atoms with Crippen molar-refractivity contribution >= 4 is 16.0 Å². The molecular weight excluding hydrogens is 254 g/mol. The van der Waals surface area contributed by atoms with Crippen LogP contribution in [0.15, 0.2) is 24.3 Å². The largest absolute Gasteiger partial charge is 0.480 e.